The Morgan fingerprint density at radius 1 is 1.62 bits per heavy atom. The summed E-state index contributed by atoms with van der Waals surface area (Å²) < 4.78 is 24.1. The standard InChI is InChI=1S/C7H4ClF2NO2/c8-4-3(2-12)1-11-5(6(4)13)7(9)10/h1-2,7,13H. The van der Waals surface area contributed by atoms with E-state index in [0.717, 1.165) is 6.20 Å². The topological polar surface area (TPSA) is 50.2 Å². The van der Waals surface area contributed by atoms with Gasteiger partial charge in [0.2, 0.25) is 0 Å². The van der Waals surface area contributed by atoms with E-state index in [1.54, 1.807) is 0 Å². The number of hydrogen-bond donors (Lipinski definition) is 1. The molecule has 0 spiro atoms. The molecule has 3 nitrogen and oxygen atoms in total. The number of aldehydes is 1. The number of nitrogens with zero attached hydrogens (tertiary/aromatic N) is 1. The summed E-state index contributed by atoms with van der Waals surface area (Å²) in [4.78, 5) is 13.4. The fourth-order valence-electron chi connectivity index (χ4n) is 0.748. The zero-order chi connectivity index (χ0) is 10.0. The van der Waals surface area contributed by atoms with E-state index in [9.17, 15) is 13.6 Å². The SMILES string of the molecule is O=Cc1cnc(C(F)F)c(O)c1Cl. The van der Waals surface area contributed by atoms with E-state index < -0.39 is 22.9 Å². The number of aromatic nitrogens is 1. The van der Waals surface area contributed by atoms with Crippen molar-refractivity contribution in [3.63, 3.8) is 0 Å². The predicted octanol–water partition coefficient (Wildman–Crippen LogP) is 2.19. The largest absolute Gasteiger partial charge is 0.504 e. The molecule has 0 amide bonds. The van der Waals surface area contributed by atoms with Gasteiger partial charge in [0, 0.05) is 6.20 Å². The molecule has 0 bridgehead atoms. The summed E-state index contributed by atoms with van der Waals surface area (Å²) in [5, 5.41) is 8.64. The van der Waals surface area contributed by atoms with Gasteiger partial charge < -0.3 is 5.11 Å². The molecule has 70 valence electrons. The summed E-state index contributed by atoms with van der Waals surface area (Å²) in [7, 11) is 0. The second-order valence-electron chi connectivity index (χ2n) is 2.18. The molecule has 0 unspecified atom stereocenters. The van der Waals surface area contributed by atoms with Gasteiger partial charge in [0.15, 0.2) is 12.0 Å². The van der Waals surface area contributed by atoms with E-state index in [0.29, 0.717) is 6.29 Å². The van der Waals surface area contributed by atoms with Gasteiger partial charge in [0.1, 0.15) is 5.69 Å². The second kappa shape index (κ2) is 3.66. The Morgan fingerprint density at radius 3 is 2.69 bits per heavy atom. The molecule has 0 aliphatic heterocycles. The first-order valence-electron chi connectivity index (χ1n) is 3.18. The van der Waals surface area contributed by atoms with Gasteiger partial charge in [-0.15, -0.1) is 0 Å². The van der Waals surface area contributed by atoms with Crippen LogP contribution >= 0.6 is 11.6 Å². The fourth-order valence-corrected chi connectivity index (χ4v) is 0.938. The summed E-state index contributed by atoms with van der Waals surface area (Å²) in [5.74, 6) is -0.846. The molecule has 1 aromatic heterocycles. The number of pyridine rings is 1. The van der Waals surface area contributed by atoms with Crippen LogP contribution in [0.4, 0.5) is 8.78 Å². The Morgan fingerprint density at radius 2 is 2.23 bits per heavy atom. The molecule has 6 heteroatoms. The minimum absolute atomic E-state index is 0.122. The van der Waals surface area contributed by atoms with E-state index in [4.69, 9.17) is 16.7 Å². The maximum absolute atomic E-state index is 12.1. The van der Waals surface area contributed by atoms with Gasteiger partial charge in [0.05, 0.1) is 10.6 Å². The quantitative estimate of drug-likeness (QED) is 0.757. The Hall–Kier alpha value is -1.23. The van der Waals surface area contributed by atoms with Crippen LogP contribution in [-0.2, 0) is 0 Å². The lowest BCUT2D eigenvalue weighted by atomic mass is 10.2. The van der Waals surface area contributed by atoms with E-state index in [1.807, 2.05) is 0 Å². The van der Waals surface area contributed by atoms with Gasteiger partial charge in [-0.2, -0.15) is 0 Å². The average molecular weight is 208 g/mol. The molecule has 0 aliphatic carbocycles. The maximum atomic E-state index is 12.1. The Balaban J connectivity index is 3.31. The summed E-state index contributed by atoms with van der Waals surface area (Å²) in [5.41, 5.74) is -0.945. The van der Waals surface area contributed by atoms with Crippen molar-refractivity contribution in [2.45, 2.75) is 6.43 Å². The van der Waals surface area contributed by atoms with Crippen molar-refractivity contribution >= 4 is 17.9 Å². The molecule has 0 radical (unpaired) electrons. The van der Waals surface area contributed by atoms with Gasteiger partial charge >= 0.3 is 0 Å². The zero-order valence-electron chi connectivity index (χ0n) is 6.17. The molecule has 1 rings (SSSR count). The van der Waals surface area contributed by atoms with Gasteiger partial charge in [-0.1, -0.05) is 11.6 Å². The van der Waals surface area contributed by atoms with Crippen molar-refractivity contribution in [3.05, 3.63) is 22.5 Å². The van der Waals surface area contributed by atoms with Crippen LogP contribution in [-0.4, -0.2) is 16.4 Å². The zero-order valence-corrected chi connectivity index (χ0v) is 6.92. The lowest BCUT2D eigenvalue weighted by molar-refractivity contribution is 0.112. The smallest absolute Gasteiger partial charge is 0.284 e. The highest BCUT2D eigenvalue weighted by Gasteiger charge is 2.18. The molecule has 1 heterocycles. The van der Waals surface area contributed by atoms with Crippen LogP contribution in [0.3, 0.4) is 0 Å². The van der Waals surface area contributed by atoms with E-state index in [1.165, 1.54) is 0 Å². The highest BCUT2D eigenvalue weighted by Crippen LogP contribution is 2.33. The normalized spacial score (nSPS) is 10.5. The summed E-state index contributed by atoms with van der Waals surface area (Å²) in [6.45, 7) is 0. The van der Waals surface area contributed by atoms with Crippen molar-refractivity contribution < 1.29 is 18.7 Å². The highest BCUT2D eigenvalue weighted by molar-refractivity contribution is 6.34. The lowest BCUT2D eigenvalue weighted by Gasteiger charge is -2.04. The first-order chi connectivity index (χ1) is 6.07. The molecule has 0 saturated heterocycles. The third-order valence-electron chi connectivity index (χ3n) is 1.38. The Labute approximate surface area is 77.0 Å². The molecule has 1 N–H and O–H groups in total. The van der Waals surface area contributed by atoms with Crippen molar-refractivity contribution in [1.82, 2.24) is 4.98 Å². The maximum Gasteiger partial charge on any atom is 0.284 e. The minimum atomic E-state index is -2.92. The van der Waals surface area contributed by atoms with Crippen LogP contribution in [0.1, 0.15) is 22.5 Å². The summed E-state index contributed by atoms with van der Waals surface area (Å²) in [6, 6.07) is 0. The fraction of sp³-hybridized carbons (Fsp3) is 0.143. The summed E-state index contributed by atoms with van der Waals surface area (Å²) >= 11 is 5.39. The van der Waals surface area contributed by atoms with Crippen LogP contribution in [0.5, 0.6) is 5.75 Å². The van der Waals surface area contributed by atoms with Crippen LogP contribution in [0, 0.1) is 0 Å². The third kappa shape index (κ3) is 1.75. The van der Waals surface area contributed by atoms with Crippen LogP contribution in [0.15, 0.2) is 6.20 Å². The van der Waals surface area contributed by atoms with Gasteiger partial charge in [-0.25, -0.2) is 8.78 Å². The first kappa shape index (κ1) is 9.85. The number of carbonyl (C=O) groups excluding carboxylic acids is 1. The van der Waals surface area contributed by atoms with Crippen LogP contribution < -0.4 is 0 Å². The average Bonchev–Trinajstić information content (AvgIpc) is 2.09. The second-order valence-corrected chi connectivity index (χ2v) is 2.56. The molecule has 0 saturated carbocycles. The highest BCUT2D eigenvalue weighted by atomic mass is 35.5. The minimum Gasteiger partial charge on any atom is -0.504 e. The van der Waals surface area contributed by atoms with Gasteiger partial charge in [0.25, 0.3) is 6.43 Å². The van der Waals surface area contributed by atoms with Crippen LogP contribution in [0.2, 0.25) is 5.02 Å². The number of carbonyl (C=O) groups is 1. The molecule has 0 aliphatic rings. The van der Waals surface area contributed by atoms with Crippen molar-refractivity contribution in [2.75, 3.05) is 0 Å². The number of alkyl halides is 2. The predicted molar refractivity (Wildman–Crippen MR) is 41.3 cm³/mol. The van der Waals surface area contributed by atoms with Crippen molar-refractivity contribution in [2.24, 2.45) is 0 Å². The van der Waals surface area contributed by atoms with Crippen molar-refractivity contribution in [3.8, 4) is 5.75 Å². The Bertz CT molecular complexity index is 344. The van der Waals surface area contributed by atoms with E-state index >= 15 is 0 Å². The van der Waals surface area contributed by atoms with Gasteiger partial charge in [-0.3, -0.25) is 9.78 Å². The number of rotatable bonds is 2. The molecule has 0 atom stereocenters. The lowest BCUT2D eigenvalue weighted by Crippen LogP contribution is -1.94. The Kier molecular flexibility index (Phi) is 2.77. The molecular weight excluding hydrogens is 204 g/mol. The molecule has 13 heavy (non-hydrogen) atoms. The molecular formula is C7H4ClF2NO2. The van der Waals surface area contributed by atoms with Gasteiger partial charge in [-0.05, 0) is 0 Å². The number of hydrogen-bond acceptors (Lipinski definition) is 3. The van der Waals surface area contributed by atoms with E-state index in [-0.39, 0.29) is 5.56 Å². The van der Waals surface area contributed by atoms with E-state index in [2.05, 4.69) is 4.98 Å². The van der Waals surface area contributed by atoms with Crippen LogP contribution in [0.25, 0.3) is 0 Å². The first-order valence-corrected chi connectivity index (χ1v) is 3.56. The molecule has 0 aromatic carbocycles. The third-order valence-corrected chi connectivity index (χ3v) is 1.78. The molecule has 0 fully saturated rings. The van der Waals surface area contributed by atoms with Crippen molar-refractivity contribution in [1.29, 1.82) is 0 Å². The monoisotopic (exact) mass is 207 g/mol. The number of aromatic hydroxyl groups is 1. The summed E-state index contributed by atoms with van der Waals surface area (Å²) in [6.07, 6.45) is -1.71. The molecule has 1 aromatic rings. The number of halogens is 3.